The van der Waals surface area contributed by atoms with Gasteiger partial charge in [0, 0.05) is 32.6 Å². The van der Waals surface area contributed by atoms with E-state index >= 15 is 0 Å². The van der Waals surface area contributed by atoms with Crippen LogP contribution in [0.2, 0.25) is 0 Å². The summed E-state index contributed by atoms with van der Waals surface area (Å²) in [7, 11) is -0.641. The van der Waals surface area contributed by atoms with E-state index in [9.17, 15) is 13.2 Å². The normalized spacial score (nSPS) is 20.1. The quantitative estimate of drug-likeness (QED) is 0.797. The summed E-state index contributed by atoms with van der Waals surface area (Å²) in [6, 6.07) is 16.1. The topological polar surface area (TPSA) is 84.9 Å². The van der Waals surface area contributed by atoms with Crippen LogP contribution in [0.3, 0.4) is 0 Å². The third-order valence-corrected chi connectivity index (χ3v) is 6.40. The zero-order chi connectivity index (χ0) is 20.1. The van der Waals surface area contributed by atoms with Gasteiger partial charge < -0.3 is 14.8 Å². The summed E-state index contributed by atoms with van der Waals surface area (Å²) >= 11 is 0. The molecule has 2 aromatic rings. The second kappa shape index (κ2) is 8.83. The molecule has 28 heavy (non-hydrogen) atoms. The summed E-state index contributed by atoms with van der Waals surface area (Å²) in [4.78, 5) is 12.8. The molecule has 0 aromatic heterocycles. The minimum Gasteiger partial charge on any atom is -0.350 e. The van der Waals surface area contributed by atoms with E-state index in [0.717, 1.165) is 9.87 Å². The Morgan fingerprint density at radius 2 is 1.79 bits per heavy atom. The van der Waals surface area contributed by atoms with E-state index in [2.05, 4.69) is 5.32 Å². The molecule has 0 saturated carbocycles. The number of carbonyl (C=O) groups excluding carboxylic acids is 1. The van der Waals surface area contributed by atoms with Gasteiger partial charge in [0.05, 0.1) is 11.5 Å². The molecular formula is C20H24N2O5S. The van der Waals surface area contributed by atoms with E-state index in [-0.39, 0.29) is 17.3 Å². The number of nitrogens with one attached hydrogen (secondary N) is 1. The second-order valence-electron chi connectivity index (χ2n) is 6.64. The van der Waals surface area contributed by atoms with Crippen LogP contribution in [-0.4, -0.2) is 45.4 Å². The molecule has 0 unspecified atom stereocenters. The molecule has 0 bridgehead atoms. The molecule has 1 saturated heterocycles. The molecule has 2 aromatic carbocycles. The first-order valence-corrected chi connectivity index (χ1v) is 10.4. The van der Waals surface area contributed by atoms with Crippen LogP contribution in [-0.2, 0) is 30.8 Å². The fourth-order valence-corrected chi connectivity index (χ4v) is 4.03. The first-order valence-electron chi connectivity index (χ1n) is 9.00. The Balaban J connectivity index is 1.66. The van der Waals surface area contributed by atoms with Crippen molar-refractivity contribution in [3.8, 4) is 0 Å². The Kier molecular flexibility index (Phi) is 6.46. The monoisotopic (exact) mass is 404 g/mol. The van der Waals surface area contributed by atoms with Crippen molar-refractivity contribution in [1.29, 1.82) is 0 Å². The van der Waals surface area contributed by atoms with Crippen molar-refractivity contribution in [2.24, 2.45) is 0 Å². The van der Waals surface area contributed by atoms with Crippen LogP contribution in [0.5, 0.6) is 0 Å². The van der Waals surface area contributed by atoms with Crippen LogP contribution < -0.4 is 5.32 Å². The third-order valence-electron chi connectivity index (χ3n) is 4.49. The van der Waals surface area contributed by atoms with Gasteiger partial charge in [0.1, 0.15) is 6.10 Å². The summed E-state index contributed by atoms with van der Waals surface area (Å²) in [5.74, 6) is -0.290. The SMILES string of the molecule is CN(C)S(=O)(=O)c1ccccc1CNC(=O)[C@@H]1CCO[C@H](c2ccccc2)O1. The van der Waals surface area contributed by atoms with Crippen LogP contribution in [0.15, 0.2) is 59.5 Å². The Morgan fingerprint density at radius 3 is 2.50 bits per heavy atom. The van der Waals surface area contributed by atoms with Crippen LogP contribution in [0, 0.1) is 0 Å². The highest BCUT2D eigenvalue weighted by molar-refractivity contribution is 7.89. The fraction of sp³-hybridized carbons (Fsp3) is 0.350. The summed E-state index contributed by atoms with van der Waals surface area (Å²) in [6.07, 6.45) is -0.809. The van der Waals surface area contributed by atoms with Crippen molar-refractivity contribution in [2.75, 3.05) is 20.7 Å². The highest BCUT2D eigenvalue weighted by Crippen LogP contribution is 2.26. The van der Waals surface area contributed by atoms with Crippen LogP contribution in [0.4, 0.5) is 0 Å². The molecule has 0 aliphatic carbocycles. The Bertz CT molecular complexity index is 915. The predicted molar refractivity (Wildman–Crippen MR) is 104 cm³/mol. The fourth-order valence-electron chi connectivity index (χ4n) is 2.91. The van der Waals surface area contributed by atoms with E-state index in [1.54, 1.807) is 18.2 Å². The van der Waals surface area contributed by atoms with Gasteiger partial charge >= 0.3 is 0 Å². The van der Waals surface area contributed by atoms with Crippen LogP contribution >= 0.6 is 0 Å². The molecule has 2 atom stereocenters. The average Bonchev–Trinajstić information content (AvgIpc) is 2.72. The Labute approximate surface area is 165 Å². The van der Waals surface area contributed by atoms with E-state index in [1.165, 1.54) is 20.2 Å². The van der Waals surface area contributed by atoms with Crippen LogP contribution in [0.1, 0.15) is 23.8 Å². The minimum atomic E-state index is -3.59. The molecule has 1 aliphatic rings. The Morgan fingerprint density at radius 1 is 1.11 bits per heavy atom. The summed E-state index contributed by atoms with van der Waals surface area (Å²) in [5, 5.41) is 2.79. The molecule has 8 heteroatoms. The molecule has 150 valence electrons. The number of hydrogen-bond donors (Lipinski definition) is 1. The first-order chi connectivity index (χ1) is 13.4. The van der Waals surface area contributed by atoms with Crippen molar-refractivity contribution in [1.82, 2.24) is 9.62 Å². The van der Waals surface area contributed by atoms with Crippen molar-refractivity contribution in [2.45, 2.75) is 30.3 Å². The number of nitrogens with zero attached hydrogens (tertiary/aromatic N) is 1. The van der Waals surface area contributed by atoms with Crippen molar-refractivity contribution in [3.05, 3.63) is 65.7 Å². The van der Waals surface area contributed by atoms with Crippen LogP contribution in [0.25, 0.3) is 0 Å². The number of amides is 1. The standard InChI is InChI=1S/C20H24N2O5S/c1-22(2)28(24,25)18-11-7-6-10-16(18)14-21-19(23)17-12-13-26-20(27-17)15-8-4-3-5-9-15/h3-11,17,20H,12-14H2,1-2H3,(H,21,23)/t17-,20-/m0/s1. The number of hydrogen-bond acceptors (Lipinski definition) is 5. The molecule has 7 nitrogen and oxygen atoms in total. The van der Waals surface area contributed by atoms with Gasteiger partial charge in [-0.25, -0.2) is 12.7 Å². The lowest BCUT2D eigenvalue weighted by Crippen LogP contribution is -2.40. The first kappa shape index (κ1) is 20.5. The Hall–Kier alpha value is -2.26. The largest absolute Gasteiger partial charge is 0.350 e. The maximum atomic E-state index is 12.6. The van der Waals surface area contributed by atoms with Gasteiger partial charge in [-0.3, -0.25) is 4.79 Å². The molecular weight excluding hydrogens is 380 g/mol. The van der Waals surface area contributed by atoms with E-state index < -0.39 is 22.4 Å². The predicted octanol–water partition coefficient (Wildman–Crippen LogP) is 2.06. The molecule has 3 rings (SSSR count). The lowest BCUT2D eigenvalue weighted by atomic mass is 10.1. The molecule has 0 radical (unpaired) electrons. The molecule has 1 heterocycles. The molecule has 1 amide bonds. The van der Waals surface area contributed by atoms with Gasteiger partial charge in [0.15, 0.2) is 6.29 Å². The molecule has 0 spiro atoms. The number of rotatable bonds is 6. The van der Waals surface area contributed by atoms with E-state index in [1.807, 2.05) is 30.3 Å². The molecule has 1 aliphatic heterocycles. The lowest BCUT2D eigenvalue weighted by Gasteiger charge is -2.29. The van der Waals surface area contributed by atoms with Gasteiger partial charge in [0.25, 0.3) is 0 Å². The maximum absolute atomic E-state index is 12.6. The summed E-state index contributed by atoms with van der Waals surface area (Å²) in [6.45, 7) is 0.502. The number of carbonyl (C=O) groups is 1. The summed E-state index contributed by atoms with van der Waals surface area (Å²) in [5.41, 5.74) is 1.37. The number of benzene rings is 2. The highest BCUT2D eigenvalue weighted by Gasteiger charge is 2.29. The maximum Gasteiger partial charge on any atom is 0.249 e. The van der Waals surface area contributed by atoms with Crippen molar-refractivity contribution in [3.63, 3.8) is 0 Å². The van der Waals surface area contributed by atoms with Crippen molar-refractivity contribution >= 4 is 15.9 Å². The van der Waals surface area contributed by atoms with E-state index in [0.29, 0.717) is 18.6 Å². The third kappa shape index (κ3) is 4.59. The van der Waals surface area contributed by atoms with Gasteiger partial charge in [-0.15, -0.1) is 0 Å². The number of sulfonamides is 1. The van der Waals surface area contributed by atoms with Gasteiger partial charge in [-0.1, -0.05) is 48.5 Å². The number of ether oxygens (including phenoxy) is 2. The highest BCUT2D eigenvalue weighted by atomic mass is 32.2. The zero-order valence-electron chi connectivity index (χ0n) is 15.9. The smallest absolute Gasteiger partial charge is 0.249 e. The van der Waals surface area contributed by atoms with Gasteiger partial charge in [-0.2, -0.15) is 0 Å². The molecule has 1 fully saturated rings. The van der Waals surface area contributed by atoms with Crippen molar-refractivity contribution < 1.29 is 22.7 Å². The van der Waals surface area contributed by atoms with E-state index in [4.69, 9.17) is 9.47 Å². The summed E-state index contributed by atoms with van der Waals surface area (Å²) < 4.78 is 37.5. The zero-order valence-corrected chi connectivity index (χ0v) is 16.7. The van der Waals surface area contributed by atoms with Gasteiger partial charge in [0.2, 0.25) is 15.9 Å². The average molecular weight is 404 g/mol. The molecule has 1 N–H and O–H groups in total. The lowest BCUT2D eigenvalue weighted by molar-refractivity contribution is -0.216. The second-order valence-corrected chi connectivity index (χ2v) is 8.76. The minimum absolute atomic E-state index is 0.0960. The van der Waals surface area contributed by atoms with Gasteiger partial charge in [-0.05, 0) is 11.6 Å².